The molecule has 1 N–H and O–H groups in total. The fourth-order valence-electron chi connectivity index (χ4n) is 3.11. The standard InChI is InChI=1S/C24H13Cl2F3N4OS/c25-18-5-3-14(12-30)9-17(18)23(35)32-16-4-6-21(20(11-16)33-7-1-2-8-33)34-22-19(26)10-15(13-31-22)24(27,28)29/h1-11,13H,(H,32,35). The minimum atomic E-state index is -4.58. The van der Waals surface area contributed by atoms with Gasteiger partial charge in [-0.1, -0.05) is 35.4 Å². The number of hydrogen-bond donors (Lipinski definition) is 1. The van der Waals surface area contributed by atoms with Gasteiger partial charge in [-0.15, -0.1) is 0 Å². The summed E-state index contributed by atoms with van der Waals surface area (Å²) in [5, 5.41) is 12.3. The van der Waals surface area contributed by atoms with Crippen molar-refractivity contribution in [3.05, 3.63) is 99.9 Å². The number of rotatable bonds is 5. The Morgan fingerprint density at radius 3 is 2.46 bits per heavy atom. The number of hydrogen-bond acceptors (Lipinski definition) is 4. The highest BCUT2D eigenvalue weighted by atomic mass is 35.5. The minimum absolute atomic E-state index is 0.176. The van der Waals surface area contributed by atoms with E-state index in [1.54, 1.807) is 65.5 Å². The molecule has 0 aliphatic heterocycles. The van der Waals surface area contributed by atoms with E-state index in [1.165, 1.54) is 0 Å². The summed E-state index contributed by atoms with van der Waals surface area (Å²) in [6.07, 6.45) is -0.393. The van der Waals surface area contributed by atoms with E-state index in [2.05, 4.69) is 10.3 Å². The molecule has 0 spiro atoms. The lowest BCUT2D eigenvalue weighted by molar-refractivity contribution is -0.137. The first-order valence-electron chi connectivity index (χ1n) is 9.84. The molecule has 4 rings (SSSR count). The number of nitriles is 1. The highest BCUT2D eigenvalue weighted by Crippen LogP contribution is 2.37. The van der Waals surface area contributed by atoms with Crippen LogP contribution >= 0.6 is 35.4 Å². The number of thiocarbonyl (C=S) groups is 1. The quantitative estimate of drug-likeness (QED) is 0.267. The Labute approximate surface area is 213 Å². The van der Waals surface area contributed by atoms with Crippen molar-refractivity contribution in [1.29, 1.82) is 5.26 Å². The van der Waals surface area contributed by atoms with Crippen LogP contribution in [0.2, 0.25) is 10.0 Å². The van der Waals surface area contributed by atoms with Crippen LogP contribution in [-0.2, 0) is 6.18 Å². The molecule has 0 amide bonds. The van der Waals surface area contributed by atoms with Crippen molar-refractivity contribution in [1.82, 2.24) is 9.55 Å². The highest BCUT2D eigenvalue weighted by Gasteiger charge is 2.32. The number of halogens is 5. The summed E-state index contributed by atoms with van der Waals surface area (Å²) in [5.41, 5.74) is 1.04. The molecule has 0 saturated carbocycles. The third-order valence-electron chi connectivity index (χ3n) is 4.78. The van der Waals surface area contributed by atoms with Gasteiger partial charge in [0.25, 0.3) is 0 Å². The predicted molar refractivity (Wildman–Crippen MR) is 132 cm³/mol. The number of pyridine rings is 1. The van der Waals surface area contributed by atoms with Crippen LogP contribution in [0.1, 0.15) is 16.7 Å². The lowest BCUT2D eigenvalue weighted by atomic mass is 10.1. The van der Waals surface area contributed by atoms with E-state index in [0.29, 0.717) is 38.7 Å². The monoisotopic (exact) mass is 532 g/mol. The van der Waals surface area contributed by atoms with Crippen molar-refractivity contribution in [3.63, 3.8) is 0 Å². The molecule has 176 valence electrons. The van der Waals surface area contributed by atoms with Gasteiger partial charge >= 0.3 is 6.18 Å². The van der Waals surface area contributed by atoms with Crippen molar-refractivity contribution in [2.75, 3.05) is 5.32 Å². The number of ether oxygens (including phenoxy) is 1. The topological polar surface area (TPSA) is 62.9 Å². The highest BCUT2D eigenvalue weighted by molar-refractivity contribution is 7.81. The largest absolute Gasteiger partial charge is 0.435 e. The van der Waals surface area contributed by atoms with E-state index in [-0.39, 0.29) is 16.7 Å². The predicted octanol–water partition coefficient (Wildman–Crippen LogP) is 7.65. The molecule has 0 fully saturated rings. The van der Waals surface area contributed by atoms with Crippen LogP contribution in [0, 0.1) is 11.3 Å². The molecule has 35 heavy (non-hydrogen) atoms. The maximum atomic E-state index is 12.9. The molecule has 2 aromatic heterocycles. The third kappa shape index (κ3) is 5.57. The van der Waals surface area contributed by atoms with Crippen molar-refractivity contribution in [3.8, 4) is 23.4 Å². The molecule has 5 nitrogen and oxygen atoms in total. The van der Waals surface area contributed by atoms with E-state index in [4.69, 9.17) is 45.4 Å². The first-order chi connectivity index (χ1) is 16.7. The summed E-state index contributed by atoms with van der Waals surface area (Å²) in [6, 6.07) is 16.1. The van der Waals surface area contributed by atoms with Crippen LogP contribution in [0.3, 0.4) is 0 Å². The van der Waals surface area contributed by atoms with Crippen LogP contribution in [-0.4, -0.2) is 14.5 Å². The van der Waals surface area contributed by atoms with Gasteiger partial charge in [-0.25, -0.2) is 4.98 Å². The summed E-state index contributed by atoms with van der Waals surface area (Å²) in [7, 11) is 0. The molecule has 0 unspecified atom stereocenters. The molecule has 0 aliphatic rings. The van der Waals surface area contributed by atoms with Gasteiger partial charge in [-0.3, -0.25) is 0 Å². The van der Waals surface area contributed by atoms with Crippen molar-refractivity contribution in [2.45, 2.75) is 6.18 Å². The Balaban J connectivity index is 1.66. The lowest BCUT2D eigenvalue weighted by Crippen LogP contribution is -2.12. The van der Waals surface area contributed by atoms with Gasteiger partial charge in [-0.2, -0.15) is 18.4 Å². The first-order valence-corrected chi connectivity index (χ1v) is 11.0. The Morgan fingerprint density at radius 1 is 1.06 bits per heavy atom. The molecule has 0 aliphatic carbocycles. The molecule has 4 aromatic rings. The van der Waals surface area contributed by atoms with Gasteiger partial charge in [0.15, 0.2) is 5.75 Å². The van der Waals surface area contributed by atoms with Crippen LogP contribution in [0.4, 0.5) is 18.9 Å². The SMILES string of the molecule is N#Cc1ccc(Cl)c(C(=S)Nc2ccc(Oc3ncc(C(F)(F)F)cc3Cl)c(-n3cccc3)c2)c1. The number of anilines is 1. The second-order valence-corrected chi connectivity index (χ2v) is 8.37. The Bertz CT molecular complexity index is 1450. The lowest BCUT2D eigenvalue weighted by Gasteiger charge is -2.16. The van der Waals surface area contributed by atoms with Gasteiger partial charge in [0.1, 0.15) is 10.0 Å². The maximum Gasteiger partial charge on any atom is 0.417 e. The molecule has 0 atom stereocenters. The van der Waals surface area contributed by atoms with Crippen molar-refractivity contribution in [2.24, 2.45) is 0 Å². The van der Waals surface area contributed by atoms with Gasteiger partial charge < -0.3 is 14.6 Å². The normalized spacial score (nSPS) is 11.1. The molecule has 11 heteroatoms. The van der Waals surface area contributed by atoms with E-state index < -0.39 is 11.7 Å². The smallest absolute Gasteiger partial charge is 0.417 e. The zero-order valence-corrected chi connectivity index (χ0v) is 19.8. The zero-order valence-electron chi connectivity index (χ0n) is 17.5. The van der Waals surface area contributed by atoms with Gasteiger partial charge in [0.05, 0.1) is 27.9 Å². The number of aromatic nitrogens is 2. The second-order valence-electron chi connectivity index (χ2n) is 7.14. The number of nitrogens with zero attached hydrogens (tertiary/aromatic N) is 3. The molecule has 2 heterocycles. The Kier molecular flexibility index (Phi) is 6.98. The fraction of sp³-hybridized carbons (Fsp3) is 0.0417. The van der Waals surface area contributed by atoms with Gasteiger partial charge in [0.2, 0.25) is 5.88 Å². The molecule has 0 saturated heterocycles. The Hall–Kier alpha value is -3.58. The third-order valence-corrected chi connectivity index (χ3v) is 5.70. The molecule has 0 bridgehead atoms. The second kappa shape index (κ2) is 9.96. The minimum Gasteiger partial charge on any atom is -0.435 e. The fourth-order valence-corrected chi connectivity index (χ4v) is 3.86. The summed E-state index contributed by atoms with van der Waals surface area (Å²) < 4.78 is 46.3. The summed E-state index contributed by atoms with van der Waals surface area (Å²) in [6.45, 7) is 0. The van der Waals surface area contributed by atoms with Gasteiger partial charge in [-0.05, 0) is 54.6 Å². The van der Waals surface area contributed by atoms with Gasteiger partial charge in [0, 0.05) is 29.8 Å². The van der Waals surface area contributed by atoms with Crippen molar-refractivity contribution >= 4 is 46.1 Å². The molecular weight excluding hydrogens is 520 g/mol. The average Bonchev–Trinajstić information content (AvgIpc) is 3.35. The summed E-state index contributed by atoms with van der Waals surface area (Å²) in [5.74, 6) is 0.112. The van der Waals surface area contributed by atoms with Crippen LogP contribution in [0.25, 0.3) is 5.69 Å². The summed E-state index contributed by atoms with van der Waals surface area (Å²) >= 11 is 17.7. The number of benzene rings is 2. The van der Waals surface area contributed by atoms with E-state index in [9.17, 15) is 13.2 Å². The first kappa shape index (κ1) is 24.5. The molecule has 2 aromatic carbocycles. The van der Waals surface area contributed by atoms with Crippen LogP contribution in [0.5, 0.6) is 11.6 Å². The molecular formula is C24H13Cl2F3N4OS. The van der Waals surface area contributed by atoms with Crippen LogP contribution in [0.15, 0.2) is 73.2 Å². The molecule has 0 radical (unpaired) electrons. The number of nitrogens with one attached hydrogen (secondary N) is 1. The van der Waals surface area contributed by atoms with E-state index >= 15 is 0 Å². The summed E-state index contributed by atoms with van der Waals surface area (Å²) in [4.78, 5) is 4.04. The average molecular weight is 533 g/mol. The van der Waals surface area contributed by atoms with E-state index in [1.807, 2.05) is 6.07 Å². The number of alkyl halides is 3. The Morgan fingerprint density at radius 2 is 1.80 bits per heavy atom. The maximum absolute atomic E-state index is 12.9. The van der Waals surface area contributed by atoms with E-state index in [0.717, 1.165) is 6.07 Å². The zero-order chi connectivity index (χ0) is 25.2. The van der Waals surface area contributed by atoms with Crippen molar-refractivity contribution < 1.29 is 17.9 Å². The van der Waals surface area contributed by atoms with Crippen LogP contribution < -0.4 is 10.1 Å².